The maximum absolute atomic E-state index is 11.3. The van der Waals surface area contributed by atoms with Crippen molar-refractivity contribution in [1.29, 1.82) is 0 Å². The molecule has 0 aliphatic heterocycles. The number of nitrogens with one attached hydrogen (secondary N) is 1. The van der Waals surface area contributed by atoms with Crippen molar-refractivity contribution < 1.29 is 4.79 Å². The number of nitrogens with two attached hydrogens (primary N) is 1. The van der Waals surface area contributed by atoms with Gasteiger partial charge in [-0.1, -0.05) is 6.92 Å². The lowest BCUT2D eigenvalue weighted by molar-refractivity contribution is -0.123. The summed E-state index contributed by atoms with van der Waals surface area (Å²) in [6.45, 7) is 3.42. The molecular weight excluding hydrogens is 220 g/mol. The molecule has 0 spiro atoms. The van der Waals surface area contributed by atoms with E-state index in [1.54, 1.807) is 11.8 Å². The average molecular weight is 241 g/mol. The molecule has 1 atom stereocenters. The van der Waals surface area contributed by atoms with E-state index in [-0.39, 0.29) is 24.2 Å². The van der Waals surface area contributed by atoms with Crippen molar-refractivity contribution >= 4 is 30.1 Å². The number of unbranched alkanes of at least 4 members (excludes halogenated alkanes) is 1. The number of halogens is 1. The van der Waals surface area contributed by atoms with Crippen LogP contribution in [0.1, 0.15) is 19.8 Å². The van der Waals surface area contributed by atoms with Gasteiger partial charge in [0.2, 0.25) is 5.91 Å². The zero-order chi connectivity index (χ0) is 10.1. The standard InChI is InChI=1S/C9H20N2OS.ClH/c1-8(7-13-2)9(12)11-6-4-3-5-10;/h8H,3-7,10H2,1-2H3,(H,11,12);1H. The Hall–Kier alpha value is 0.0700. The quantitative estimate of drug-likeness (QED) is 0.659. The fourth-order valence-corrected chi connectivity index (χ4v) is 1.63. The van der Waals surface area contributed by atoms with E-state index in [1.807, 2.05) is 13.2 Å². The van der Waals surface area contributed by atoms with Gasteiger partial charge in [0.15, 0.2) is 0 Å². The van der Waals surface area contributed by atoms with Crippen molar-refractivity contribution in [3.63, 3.8) is 0 Å². The Balaban J connectivity index is 0. The van der Waals surface area contributed by atoms with Gasteiger partial charge in [-0.2, -0.15) is 11.8 Å². The van der Waals surface area contributed by atoms with Crippen molar-refractivity contribution in [2.24, 2.45) is 11.7 Å². The molecule has 0 aromatic heterocycles. The number of thioether (sulfide) groups is 1. The van der Waals surface area contributed by atoms with Gasteiger partial charge < -0.3 is 11.1 Å². The highest BCUT2D eigenvalue weighted by Gasteiger charge is 2.10. The Kier molecular flexibility index (Phi) is 13.1. The normalized spacial score (nSPS) is 11.6. The van der Waals surface area contributed by atoms with Crippen LogP contribution in [0.2, 0.25) is 0 Å². The van der Waals surface area contributed by atoms with Crippen molar-refractivity contribution in [3.8, 4) is 0 Å². The molecule has 0 aromatic rings. The lowest BCUT2D eigenvalue weighted by Crippen LogP contribution is -2.31. The van der Waals surface area contributed by atoms with Crippen LogP contribution in [0.5, 0.6) is 0 Å². The molecule has 14 heavy (non-hydrogen) atoms. The lowest BCUT2D eigenvalue weighted by atomic mass is 10.2. The molecule has 0 aliphatic carbocycles. The van der Waals surface area contributed by atoms with Gasteiger partial charge in [0.05, 0.1) is 0 Å². The first-order valence-electron chi connectivity index (χ1n) is 4.69. The van der Waals surface area contributed by atoms with Crippen LogP contribution in [-0.2, 0) is 4.79 Å². The first-order chi connectivity index (χ1) is 6.22. The Labute approximate surface area is 97.0 Å². The van der Waals surface area contributed by atoms with Crippen LogP contribution in [0.15, 0.2) is 0 Å². The largest absolute Gasteiger partial charge is 0.356 e. The van der Waals surface area contributed by atoms with Gasteiger partial charge in [-0.15, -0.1) is 12.4 Å². The number of hydrogen-bond acceptors (Lipinski definition) is 3. The molecule has 0 heterocycles. The van der Waals surface area contributed by atoms with Gasteiger partial charge in [-0.05, 0) is 25.6 Å². The lowest BCUT2D eigenvalue weighted by Gasteiger charge is -2.10. The molecule has 0 aliphatic rings. The van der Waals surface area contributed by atoms with E-state index in [1.165, 1.54) is 0 Å². The summed E-state index contributed by atoms with van der Waals surface area (Å²) in [4.78, 5) is 11.3. The Morgan fingerprint density at radius 3 is 2.64 bits per heavy atom. The highest BCUT2D eigenvalue weighted by atomic mass is 35.5. The second-order valence-corrected chi connectivity index (χ2v) is 4.05. The fourth-order valence-electron chi connectivity index (χ4n) is 0.981. The molecule has 0 aromatic carbocycles. The Morgan fingerprint density at radius 2 is 2.14 bits per heavy atom. The zero-order valence-corrected chi connectivity index (χ0v) is 10.5. The van der Waals surface area contributed by atoms with Gasteiger partial charge in [0, 0.05) is 18.2 Å². The van der Waals surface area contributed by atoms with Crippen LogP contribution in [0, 0.1) is 5.92 Å². The molecule has 3 N–H and O–H groups in total. The second kappa shape index (κ2) is 11.1. The SMILES string of the molecule is CSCC(C)C(=O)NCCCCN.Cl. The Morgan fingerprint density at radius 1 is 1.50 bits per heavy atom. The molecule has 3 nitrogen and oxygen atoms in total. The third-order valence-corrected chi connectivity index (χ3v) is 2.63. The van der Waals surface area contributed by atoms with E-state index in [0.717, 1.165) is 25.1 Å². The second-order valence-electron chi connectivity index (χ2n) is 3.14. The maximum Gasteiger partial charge on any atom is 0.223 e. The van der Waals surface area contributed by atoms with E-state index in [9.17, 15) is 4.79 Å². The summed E-state index contributed by atoms with van der Waals surface area (Å²) < 4.78 is 0. The zero-order valence-electron chi connectivity index (χ0n) is 8.91. The van der Waals surface area contributed by atoms with E-state index in [2.05, 4.69) is 5.32 Å². The third kappa shape index (κ3) is 8.66. The predicted molar refractivity (Wildman–Crippen MR) is 66.1 cm³/mol. The summed E-state index contributed by atoms with van der Waals surface area (Å²) in [5.74, 6) is 1.17. The first-order valence-corrected chi connectivity index (χ1v) is 6.08. The molecule has 0 fully saturated rings. The van der Waals surface area contributed by atoms with Crippen LogP contribution in [0.4, 0.5) is 0 Å². The van der Waals surface area contributed by atoms with Gasteiger partial charge in [-0.25, -0.2) is 0 Å². The van der Waals surface area contributed by atoms with Gasteiger partial charge in [0.25, 0.3) is 0 Å². The number of hydrogen-bond donors (Lipinski definition) is 2. The molecule has 0 saturated heterocycles. The molecule has 86 valence electrons. The number of carbonyl (C=O) groups is 1. The topological polar surface area (TPSA) is 55.1 Å². The van der Waals surface area contributed by atoms with Gasteiger partial charge in [-0.3, -0.25) is 4.79 Å². The monoisotopic (exact) mass is 240 g/mol. The molecule has 0 rings (SSSR count). The van der Waals surface area contributed by atoms with Crippen LogP contribution in [0.3, 0.4) is 0 Å². The van der Waals surface area contributed by atoms with Crippen molar-refractivity contribution in [2.75, 3.05) is 25.1 Å². The highest BCUT2D eigenvalue weighted by molar-refractivity contribution is 7.98. The molecule has 0 bridgehead atoms. The summed E-state index contributed by atoms with van der Waals surface area (Å²) in [7, 11) is 0. The van der Waals surface area contributed by atoms with Crippen molar-refractivity contribution in [3.05, 3.63) is 0 Å². The molecule has 1 amide bonds. The number of amides is 1. The Bertz CT molecular complexity index is 147. The van der Waals surface area contributed by atoms with E-state index in [4.69, 9.17) is 5.73 Å². The molecule has 5 heteroatoms. The molecule has 0 saturated carbocycles. The summed E-state index contributed by atoms with van der Waals surface area (Å²) in [5.41, 5.74) is 5.34. The van der Waals surface area contributed by atoms with E-state index < -0.39 is 0 Å². The predicted octanol–water partition coefficient (Wildman–Crippen LogP) is 1.26. The minimum absolute atomic E-state index is 0. The van der Waals surface area contributed by atoms with E-state index in [0.29, 0.717) is 6.54 Å². The summed E-state index contributed by atoms with van der Waals surface area (Å²) in [6, 6.07) is 0. The van der Waals surface area contributed by atoms with Crippen LogP contribution in [-0.4, -0.2) is 31.0 Å². The summed E-state index contributed by atoms with van der Waals surface area (Å²) >= 11 is 1.70. The minimum atomic E-state index is 0. The summed E-state index contributed by atoms with van der Waals surface area (Å²) in [5, 5.41) is 2.89. The van der Waals surface area contributed by atoms with Gasteiger partial charge >= 0.3 is 0 Å². The average Bonchev–Trinajstić information content (AvgIpc) is 2.12. The van der Waals surface area contributed by atoms with Crippen LogP contribution < -0.4 is 11.1 Å². The third-order valence-electron chi connectivity index (χ3n) is 1.79. The first kappa shape index (κ1) is 16.5. The minimum Gasteiger partial charge on any atom is -0.356 e. The van der Waals surface area contributed by atoms with Crippen molar-refractivity contribution in [2.45, 2.75) is 19.8 Å². The molecular formula is C9H21ClN2OS. The van der Waals surface area contributed by atoms with Gasteiger partial charge in [0.1, 0.15) is 0 Å². The maximum atomic E-state index is 11.3. The smallest absolute Gasteiger partial charge is 0.223 e. The van der Waals surface area contributed by atoms with Crippen molar-refractivity contribution in [1.82, 2.24) is 5.32 Å². The summed E-state index contributed by atoms with van der Waals surface area (Å²) in [6.07, 6.45) is 3.98. The van der Waals surface area contributed by atoms with Crippen LogP contribution >= 0.6 is 24.2 Å². The van der Waals surface area contributed by atoms with Crippen LogP contribution in [0.25, 0.3) is 0 Å². The number of rotatable bonds is 7. The highest BCUT2D eigenvalue weighted by Crippen LogP contribution is 2.03. The molecule has 0 radical (unpaired) electrons. The number of carbonyl (C=O) groups excluding carboxylic acids is 1. The van der Waals surface area contributed by atoms with E-state index >= 15 is 0 Å². The fraction of sp³-hybridized carbons (Fsp3) is 0.889. The molecule has 1 unspecified atom stereocenters.